The second-order valence-corrected chi connectivity index (χ2v) is 7.58. The van der Waals surface area contributed by atoms with Crippen molar-refractivity contribution < 1.29 is 18.3 Å². The first-order chi connectivity index (χ1) is 8.32. The Morgan fingerprint density at radius 3 is 2.39 bits per heavy atom. The summed E-state index contributed by atoms with van der Waals surface area (Å²) in [6.45, 7) is 5.05. The fourth-order valence-electron chi connectivity index (χ4n) is 1.99. The minimum absolute atomic E-state index is 0.0499. The molecular weight excluding hydrogens is 274 g/mol. The van der Waals surface area contributed by atoms with Gasteiger partial charge in [-0.1, -0.05) is 13.8 Å². The lowest BCUT2D eigenvalue weighted by Gasteiger charge is -2.14. The van der Waals surface area contributed by atoms with Crippen molar-refractivity contribution in [3.63, 3.8) is 0 Å². The lowest BCUT2D eigenvalue weighted by atomic mass is 10.0. The van der Waals surface area contributed by atoms with Crippen LogP contribution in [0.1, 0.15) is 23.5 Å². The number of carbonyl (C=O) groups is 1. The molecule has 2 heterocycles. The van der Waals surface area contributed by atoms with Crippen LogP contribution < -0.4 is 0 Å². The highest BCUT2D eigenvalue weighted by Gasteiger charge is 2.35. The third-order valence-corrected chi connectivity index (χ3v) is 6.26. The van der Waals surface area contributed by atoms with E-state index in [1.807, 2.05) is 13.8 Å². The minimum Gasteiger partial charge on any atom is -0.477 e. The second-order valence-electron chi connectivity index (χ2n) is 4.73. The zero-order valence-corrected chi connectivity index (χ0v) is 11.8. The van der Waals surface area contributed by atoms with Gasteiger partial charge in [0.25, 0.3) is 0 Å². The number of carboxylic acid groups (broad SMARTS) is 1. The Morgan fingerprint density at radius 1 is 1.39 bits per heavy atom. The van der Waals surface area contributed by atoms with Gasteiger partial charge < -0.3 is 5.11 Å². The summed E-state index contributed by atoms with van der Waals surface area (Å²) in [5, 5.41) is 10.2. The van der Waals surface area contributed by atoms with E-state index in [0.29, 0.717) is 24.9 Å². The molecule has 0 aromatic carbocycles. The highest BCUT2D eigenvalue weighted by atomic mass is 32.2. The van der Waals surface area contributed by atoms with E-state index in [-0.39, 0.29) is 9.77 Å². The number of nitrogens with zero attached hydrogens (tertiary/aromatic N) is 1. The standard InChI is InChI=1S/C11H15NO4S2/c1-7-4-12(5-8(7)2)18(15,16)9-3-10(11(13)14)17-6-9/h3,6-8H,4-5H2,1-2H3,(H,13,14). The summed E-state index contributed by atoms with van der Waals surface area (Å²) >= 11 is 0.940. The number of sulfonamides is 1. The molecule has 1 aliphatic rings. The zero-order valence-electron chi connectivity index (χ0n) is 10.2. The zero-order chi connectivity index (χ0) is 13.5. The molecule has 100 valence electrons. The maximum atomic E-state index is 12.3. The second kappa shape index (κ2) is 4.64. The summed E-state index contributed by atoms with van der Waals surface area (Å²) in [5.74, 6) is -0.431. The molecule has 1 aliphatic heterocycles. The van der Waals surface area contributed by atoms with Gasteiger partial charge in [0.05, 0.1) is 4.90 Å². The van der Waals surface area contributed by atoms with Crippen molar-refractivity contribution in [1.29, 1.82) is 0 Å². The minimum atomic E-state index is -3.54. The van der Waals surface area contributed by atoms with E-state index < -0.39 is 16.0 Å². The molecule has 2 rings (SSSR count). The monoisotopic (exact) mass is 289 g/mol. The predicted octanol–water partition coefficient (Wildman–Crippen LogP) is 1.72. The predicted molar refractivity (Wildman–Crippen MR) is 68.4 cm³/mol. The molecule has 0 bridgehead atoms. The smallest absolute Gasteiger partial charge is 0.345 e. The number of hydrogen-bond donors (Lipinski definition) is 1. The SMILES string of the molecule is CC1CN(S(=O)(=O)c2csc(C(=O)O)c2)CC1C. The normalized spacial score (nSPS) is 25.4. The summed E-state index contributed by atoms with van der Waals surface area (Å²) in [7, 11) is -3.54. The molecule has 18 heavy (non-hydrogen) atoms. The van der Waals surface area contributed by atoms with E-state index >= 15 is 0 Å². The molecule has 0 amide bonds. The van der Waals surface area contributed by atoms with E-state index in [2.05, 4.69) is 0 Å². The fourth-order valence-corrected chi connectivity index (χ4v) is 4.73. The maximum Gasteiger partial charge on any atom is 0.345 e. The van der Waals surface area contributed by atoms with Crippen molar-refractivity contribution in [2.24, 2.45) is 11.8 Å². The molecule has 0 spiro atoms. The van der Waals surface area contributed by atoms with Crippen LogP contribution in [0.3, 0.4) is 0 Å². The average Bonchev–Trinajstić information content (AvgIpc) is 2.87. The van der Waals surface area contributed by atoms with Gasteiger partial charge in [-0.15, -0.1) is 11.3 Å². The lowest BCUT2D eigenvalue weighted by molar-refractivity contribution is 0.0702. The number of rotatable bonds is 3. The molecular formula is C11H15NO4S2. The van der Waals surface area contributed by atoms with Crippen LogP contribution in [0.5, 0.6) is 0 Å². The van der Waals surface area contributed by atoms with Crippen LogP contribution >= 0.6 is 11.3 Å². The first kappa shape index (κ1) is 13.5. The highest BCUT2D eigenvalue weighted by molar-refractivity contribution is 7.89. The molecule has 1 saturated heterocycles. The quantitative estimate of drug-likeness (QED) is 0.919. The molecule has 0 aliphatic carbocycles. The Bertz CT molecular complexity index is 553. The van der Waals surface area contributed by atoms with Gasteiger partial charge in [-0.05, 0) is 17.9 Å². The van der Waals surface area contributed by atoms with Crippen molar-refractivity contribution in [2.75, 3.05) is 13.1 Å². The first-order valence-corrected chi connectivity index (χ1v) is 7.96. The summed E-state index contributed by atoms with van der Waals surface area (Å²) in [4.78, 5) is 10.9. The number of hydrogen-bond acceptors (Lipinski definition) is 4. The van der Waals surface area contributed by atoms with Crippen molar-refractivity contribution >= 4 is 27.3 Å². The summed E-state index contributed by atoms with van der Waals surface area (Å²) in [6.07, 6.45) is 0. The van der Waals surface area contributed by atoms with E-state index in [1.165, 1.54) is 15.8 Å². The fraction of sp³-hybridized carbons (Fsp3) is 0.545. The van der Waals surface area contributed by atoms with Gasteiger partial charge in [-0.25, -0.2) is 13.2 Å². The van der Waals surface area contributed by atoms with Crippen molar-refractivity contribution in [1.82, 2.24) is 4.31 Å². The van der Waals surface area contributed by atoms with Gasteiger partial charge in [0, 0.05) is 18.5 Å². The van der Waals surface area contributed by atoms with Gasteiger partial charge in [0.1, 0.15) is 4.88 Å². The van der Waals surface area contributed by atoms with Gasteiger partial charge in [0.15, 0.2) is 0 Å². The van der Waals surface area contributed by atoms with Gasteiger partial charge in [-0.3, -0.25) is 0 Å². The van der Waals surface area contributed by atoms with Gasteiger partial charge >= 0.3 is 5.97 Å². The number of aromatic carboxylic acids is 1. The summed E-state index contributed by atoms with van der Waals surface area (Å²) in [6, 6.07) is 1.23. The first-order valence-electron chi connectivity index (χ1n) is 5.64. The van der Waals surface area contributed by atoms with Gasteiger partial charge in [-0.2, -0.15) is 4.31 Å². The van der Waals surface area contributed by atoms with Crippen LogP contribution in [-0.2, 0) is 10.0 Å². The lowest BCUT2D eigenvalue weighted by Crippen LogP contribution is -2.28. The topological polar surface area (TPSA) is 74.7 Å². The molecule has 1 fully saturated rings. The van der Waals surface area contributed by atoms with Crippen molar-refractivity contribution in [3.8, 4) is 0 Å². The van der Waals surface area contributed by atoms with Crippen LogP contribution in [0, 0.1) is 11.8 Å². The Morgan fingerprint density at radius 2 is 1.94 bits per heavy atom. The number of carboxylic acids is 1. The van der Waals surface area contributed by atoms with Crippen LogP contribution in [0.2, 0.25) is 0 Å². The largest absolute Gasteiger partial charge is 0.477 e. The Hall–Kier alpha value is -0.920. The van der Waals surface area contributed by atoms with Crippen molar-refractivity contribution in [2.45, 2.75) is 18.7 Å². The molecule has 2 unspecified atom stereocenters. The van der Waals surface area contributed by atoms with E-state index in [1.54, 1.807) is 0 Å². The third-order valence-electron chi connectivity index (χ3n) is 3.38. The van der Waals surface area contributed by atoms with Crippen LogP contribution in [0.15, 0.2) is 16.3 Å². The molecule has 7 heteroatoms. The summed E-state index contributed by atoms with van der Waals surface area (Å²) in [5.41, 5.74) is 0. The summed E-state index contributed by atoms with van der Waals surface area (Å²) < 4.78 is 26.0. The maximum absolute atomic E-state index is 12.3. The molecule has 0 saturated carbocycles. The Balaban J connectivity index is 2.28. The third kappa shape index (κ3) is 2.30. The van der Waals surface area contributed by atoms with E-state index in [0.717, 1.165) is 11.3 Å². The number of thiophene rings is 1. The van der Waals surface area contributed by atoms with Crippen LogP contribution in [0.4, 0.5) is 0 Å². The highest BCUT2D eigenvalue weighted by Crippen LogP contribution is 2.29. The van der Waals surface area contributed by atoms with E-state index in [4.69, 9.17) is 5.11 Å². The Kier molecular flexibility index (Phi) is 3.48. The Labute approximate surface area is 110 Å². The molecule has 1 N–H and O–H groups in total. The van der Waals surface area contributed by atoms with Crippen LogP contribution in [0.25, 0.3) is 0 Å². The molecule has 1 aromatic rings. The molecule has 1 aromatic heterocycles. The van der Waals surface area contributed by atoms with Gasteiger partial charge in [0.2, 0.25) is 10.0 Å². The van der Waals surface area contributed by atoms with E-state index in [9.17, 15) is 13.2 Å². The molecule has 5 nitrogen and oxygen atoms in total. The average molecular weight is 289 g/mol. The molecule has 2 atom stereocenters. The molecule has 0 radical (unpaired) electrons. The van der Waals surface area contributed by atoms with Crippen LogP contribution in [-0.4, -0.2) is 36.9 Å². The van der Waals surface area contributed by atoms with Crippen molar-refractivity contribution in [3.05, 3.63) is 16.3 Å².